The molecule has 0 radical (unpaired) electrons. The standard InChI is InChI=1S/C14H14BrNO2S/c1-7-9(5-4-6-10(7)15)12-8(2)11(16)13(19-12)14(17)18-3/h4-6H,16H2,1-3H3. The number of methoxy groups -OCH3 is 1. The lowest BCUT2D eigenvalue weighted by Crippen LogP contribution is -2.01. The van der Waals surface area contributed by atoms with Gasteiger partial charge in [-0.2, -0.15) is 0 Å². The van der Waals surface area contributed by atoms with Crippen molar-refractivity contribution in [3.63, 3.8) is 0 Å². The van der Waals surface area contributed by atoms with Gasteiger partial charge in [-0.3, -0.25) is 0 Å². The van der Waals surface area contributed by atoms with Crippen LogP contribution in [-0.2, 0) is 4.74 Å². The maximum Gasteiger partial charge on any atom is 0.350 e. The molecule has 1 aromatic carbocycles. The Labute approximate surface area is 124 Å². The molecule has 0 spiro atoms. The molecule has 2 rings (SSSR count). The zero-order valence-electron chi connectivity index (χ0n) is 10.9. The Kier molecular flexibility index (Phi) is 3.96. The van der Waals surface area contributed by atoms with Crippen molar-refractivity contribution in [3.8, 4) is 10.4 Å². The maximum atomic E-state index is 11.7. The van der Waals surface area contributed by atoms with E-state index in [9.17, 15) is 4.79 Å². The number of esters is 1. The van der Waals surface area contributed by atoms with Gasteiger partial charge < -0.3 is 10.5 Å². The highest BCUT2D eigenvalue weighted by Crippen LogP contribution is 2.40. The van der Waals surface area contributed by atoms with E-state index < -0.39 is 0 Å². The van der Waals surface area contributed by atoms with Crippen LogP contribution in [-0.4, -0.2) is 13.1 Å². The number of carbonyl (C=O) groups is 1. The Bertz CT molecular complexity index is 649. The Morgan fingerprint density at radius 1 is 1.32 bits per heavy atom. The van der Waals surface area contributed by atoms with E-state index in [0.717, 1.165) is 26.0 Å². The molecule has 2 N–H and O–H groups in total. The van der Waals surface area contributed by atoms with Gasteiger partial charge in [0.25, 0.3) is 0 Å². The first-order chi connectivity index (χ1) is 8.97. The minimum Gasteiger partial charge on any atom is -0.465 e. The number of rotatable bonds is 2. The summed E-state index contributed by atoms with van der Waals surface area (Å²) in [7, 11) is 1.36. The van der Waals surface area contributed by atoms with Gasteiger partial charge in [0.2, 0.25) is 0 Å². The van der Waals surface area contributed by atoms with Crippen LogP contribution < -0.4 is 5.73 Å². The highest BCUT2D eigenvalue weighted by atomic mass is 79.9. The van der Waals surface area contributed by atoms with Crippen LogP contribution in [0.3, 0.4) is 0 Å². The van der Waals surface area contributed by atoms with E-state index >= 15 is 0 Å². The molecule has 0 fully saturated rings. The van der Waals surface area contributed by atoms with Crippen molar-refractivity contribution >= 4 is 38.9 Å². The summed E-state index contributed by atoms with van der Waals surface area (Å²) in [4.78, 5) is 13.2. The van der Waals surface area contributed by atoms with Crippen LogP contribution >= 0.6 is 27.3 Å². The van der Waals surface area contributed by atoms with Gasteiger partial charge in [-0.15, -0.1) is 11.3 Å². The molecule has 1 heterocycles. The molecule has 2 aromatic rings. The zero-order chi connectivity index (χ0) is 14.2. The van der Waals surface area contributed by atoms with Gasteiger partial charge in [0.15, 0.2) is 0 Å². The van der Waals surface area contributed by atoms with Gasteiger partial charge in [0.05, 0.1) is 12.8 Å². The lowest BCUT2D eigenvalue weighted by molar-refractivity contribution is 0.0607. The minimum absolute atomic E-state index is 0.385. The van der Waals surface area contributed by atoms with E-state index in [1.165, 1.54) is 18.4 Å². The molecule has 1 aromatic heterocycles. The summed E-state index contributed by atoms with van der Waals surface area (Å²) in [6, 6.07) is 5.99. The Morgan fingerprint density at radius 3 is 2.63 bits per heavy atom. The summed E-state index contributed by atoms with van der Waals surface area (Å²) in [5, 5.41) is 0. The number of ether oxygens (including phenoxy) is 1. The number of nitrogen functional groups attached to an aromatic ring is 1. The van der Waals surface area contributed by atoms with Crippen LogP contribution in [0.5, 0.6) is 0 Å². The molecular weight excluding hydrogens is 326 g/mol. The Balaban J connectivity index is 2.64. The predicted octanol–water partition coefficient (Wildman–Crippen LogP) is 4.16. The van der Waals surface area contributed by atoms with Crippen molar-refractivity contribution in [2.45, 2.75) is 13.8 Å². The van der Waals surface area contributed by atoms with Gasteiger partial charge in [-0.1, -0.05) is 28.1 Å². The molecule has 0 aliphatic heterocycles. The Morgan fingerprint density at radius 2 is 2.00 bits per heavy atom. The molecule has 0 aliphatic rings. The van der Waals surface area contributed by atoms with Gasteiger partial charge in [0, 0.05) is 9.35 Å². The van der Waals surface area contributed by atoms with E-state index in [1.807, 2.05) is 32.0 Å². The fourth-order valence-electron chi connectivity index (χ4n) is 1.88. The number of carbonyl (C=O) groups excluding carboxylic acids is 1. The monoisotopic (exact) mass is 339 g/mol. The van der Waals surface area contributed by atoms with Crippen LogP contribution in [0.2, 0.25) is 0 Å². The number of anilines is 1. The summed E-state index contributed by atoms with van der Waals surface area (Å²) in [6.07, 6.45) is 0. The number of nitrogens with two attached hydrogens (primary N) is 1. The molecule has 0 saturated heterocycles. The summed E-state index contributed by atoms with van der Waals surface area (Å²) in [5.74, 6) is -0.385. The number of thiophene rings is 1. The highest BCUT2D eigenvalue weighted by Gasteiger charge is 2.20. The Hall–Kier alpha value is -1.33. The molecule has 0 aliphatic carbocycles. The average molecular weight is 340 g/mol. The van der Waals surface area contributed by atoms with Crippen LogP contribution in [0.15, 0.2) is 22.7 Å². The number of hydrogen-bond donors (Lipinski definition) is 1. The number of halogens is 1. The van der Waals surface area contributed by atoms with E-state index in [1.54, 1.807) is 0 Å². The largest absolute Gasteiger partial charge is 0.465 e. The fourth-order valence-corrected chi connectivity index (χ4v) is 3.48. The van der Waals surface area contributed by atoms with Gasteiger partial charge in [-0.05, 0) is 36.6 Å². The van der Waals surface area contributed by atoms with Crippen molar-refractivity contribution in [1.29, 1.82) is 0 Å². The maximum absolute atomic E-state index is 11.7. The second-order valence-corrected chi connectivity index (χ2v) is 6.08. The molecule has 19 heavy (non-hydrogen) atoms. The summed E-state index contributed by atoms with van der Waals surface area (Å²) in [6.45, 7) is 3.96. The van der Waals surface area contributed by atoms with Gasteiger partial charge >= 0.3 is 5.97 Å². The molecular formula is C14H14BrNO2S. The lowest BCUT2D eigenvalue weighted by atomic mass is 10.0. The lowest BCUT2D eigenvalue weighted by Gasteiger charge is -2.06. The molecule has 0 saturated carbocycles. The van der Waals surface area contributed by atoms with E-state index in [4.69, 9.17) is 10.5 Å². The average Bonchev–Trinajstić information content (AvgIpc) is 2.69. The predicted molar refractivity (Wildman–Crippen MR) is 82.7 cm³/mol. The molecule has 100 valence electrons. The van der Waals surface area contributed by atoms with Crippen LogP contribution in [0.4, 0.5) is 5.69 Å². The number of hydrogen-bond acceptors (Lipinski definition) is 4. The normalized spacial score (nSPS) is 10.5. The molecule has 5 heteroatoms. The fraction of sp³-hybridized carbons (Fsp3) is 0.214. The third-order valence-electron chi connectivity index (χ3n) is 3.08. The first-order valence-corrected chi connectivity index (χ1v) is 7.31. The molecule has 0 unspecified atom stereocenters. The number of benzene rings is 1. The third kappa shape index (κ3) is 2.40. The second kappa shape index (κ2) is 5.35. The topological polar surface area (TPSA) is 52.3 Å². The first kappa shape index (κ1) is 14.1. The molecule has 3 nitrogen and oxygen atoms in total. The zero-order valence-corrected chi connectivity index (χ0v) is 13.3. The van der Waals surface area contributed by atoms with E-state index in [2.05, 4.69) is 15.9 Å². The first-order valence-electron chi connectivity index (χ1n) is 5.70. The van der Waals surface area contributed by atoms with Crippen LogP contribution in [0, 0.1) is 13.8 Å². The van der Waals surface area contributed by atoms with Crippen molar-refractivity contribution in [3.05, 3.63) is 38.7 Å². The highest BCUT2D eigenvalue weighted by molar-refractivity contribution is 9.10. The smallest absolute Gasteiger partial charge is 0.350 e. The quantitative estimate of drug-likeness (QED) is 0.835. The second-order valence-electron chi connectivity index (χ2n) is 4.20. The minimum atomic E-state index is -0.385. The molecule has 0 amide bonds. The van der Waals surface area contributed by atoms with Gasteiger partial charge in [0.1, 0.15) is 4.88 Å². The van der Waals surface area contributed by atoms with Crippen LogP contribution in [0.1, 0.15) is 20.8 Å². The SMILES string of the molecule is COC(=O)c1sc(-c2cccc(Br)c2C)c(C)c1N. The van der Waals surface area contributed by atoms with Crippen molar-refractivity contribution < 1.29 is 9.53 Å². The molecule has 0 bridgehead atoms. The van der Waals surface area contributed by atoms with Crippen LogP contribution in [0.25, 0.3) is 10.4 Å². The van der Waals surface area contributed by atoms with E-state index in [0.29, 0.717) is 10.6 Å². The van der Waals surface area contributed by atoms with Crippen molar-refractivity contribution in [2.24, 2.45) is 0 Å². The third-order valence-corrected chi connectivity index (χ3v) is 5.26. The molecule has 0 atom stereocenters. The van der Waals surface area contributed by atoms with Crippen molar-refractivity contribution in [2.75, 3.05) is 12.8 Å². The summed E-state index contributed by atoms with van der Waals surface area (Å²) < 4.78 is 5.80. The van der Waals surface area contributed by atoms with Crippen molar-refractivity contribution in [1.82, 2.24) is 0 Å². The summed E-state index contributed by atoms with van der Waals surface area (Å²) in [5.41, 5.74) is 9.64. The van der Waals surface area contributed by atoms with Gasteiger partial charge in [-0.25, -0.2) is 4.79 Å². The van der Waals surface area contributed by atoms with E-state index in [-0.39, 0.29) is 5.97 Å². The summed E-state index contributed by atoms with van der Waals surface area (Å²) >= 11 is 4.89.